The molecule has 1 heterocycles. The van der Waals surface area contributed by atoms with Crippen LogP contribution < -0.4 is 0 Å². The van der Waals surface area contributed by atoms with Crippen LogP contribution in [0.3, 0.4) is 0 Å². The van der Waals surface area contributed by atoms with Gasteiger partial charge in [-0.05, 0) is 59.7 Å². The van der Waals surface area contributed by atoms with Gasteiger partial charge in [0.2, 0.25) is 9.84 Å². The first-order valence-corrected chi connectivity index (χ1v) is 14.2. The minimum atomic E-state index is -3.95. The number of fused-ring (bicyclic) bond motifs is 3. The number of hydrogen-bond acceptors (Lipinski definition) is 6. The summed E-state index contributed by atoms with van der Waals surface area (Å²) in [7, 11) is -3.95. The summed E-state index contributed by atoms with van der Waals surface area (Å²) >= 11 is 6.71. The van der Waals surface area contributed by atoms with E-state index in [-0.39, 0.29) is 34.1 Å². The molecular formula is C28H18Br2O6S. The maximum atomic E-state index is 13.3. The van der Waals surface area contributed by atoms with E-state index < -0.39 is 21.8 Å². The summed E-state index contributed by atoms with van der Waals surface area (Å²) in [6, 6.07) is 23.5. The van der Waals surface area contributed by atoms with Crippen molar-refractivity contribution in [3.63, 3.8) is 0 Å². The standard InChI is InChI=1S/C28H18Br2O6S/c29-21-7-1-17(2-8-21)15-35-27(31)19-5-11-23-24-12-6-20(14-26(24)37(33,34)25(23)13-19)28(32)36-16-18-3-9-22(30)10-4-18/h1-14H,15-16H2. The monoisotopic (exact) mass is 640 g/mol. The van der Waals surface area contributed by atoms with Gasteiger partial charge in [0.05, 0.1) is 20.9 Å². The van der Waals surface area contributed by atoms with Crippen molar-refractivity contribution < 1.29 is 27.5 Å². The first-order chi connectivity index (χ1) is 17.7. The molecule has 0 saturated carbocycles. The van der Waals surface area contributed by atoms with Gasteiger partial charge in [-0.25, -0.2) is 18.0 Å². The Morgan fingerprint density at radius 1 is 0.595 bits per heavy atom. The predicted molar refractivity (Wildman–Crippen MR) is 144 cm³/mol. The summed E-state index contributed by atoms with van der Waals surface area (Å²) in [5.74, 6) is -1.26. The highest BCUT2D eigenvalue weighted by Gasteiger charge is 2.34. The number of hydrogen-bond donors (Lipinski definition) is 0. The van der Waals surface area contributed by atoms with Crippen molar-refractivity contribution in [2.24, 2.45) is 0 Å². The van der Waals surface area contributed by atoms with Crippen LogP contribution in [0.2, 0.25) is 0 Å². The minimum absolute atomic E-state index is 0.000900. The van der Waals surface area contributed by atoms with Crippen molar-refractivity contribution in [3.05, 3.63) is 116 Å². The molecule has 0 bridgehead atoms. The zero-order valence-electron chi connectivity index (χ0n) is 19.1. The molecule has 186 valence electrons. The Balaban J connectivity index is 1.34. The number of benzene rings is 4. The normalized spacial score (nSPS) is 12.9. The molecule has 9 heteroatoms. The van der Waals surface area contributed by atoms with E-state index in [0.29, 0.717) is 11.1 Å². The van der Waals surface area contributed by atoms with Crippen LogP contribution in [0.5, 0.6) is 0 Å². The summed E-state index contributed by atoms with van der Waals surface area (Å²) in [5.41, 5.74) is 2.79. The fraction of sp³-hybridized carbons (Fsp3) is 0.0714. The Labute approximate surface area is 230 Å². The fourth-order valence-electron chi connectivity index (χ4n) is 3.93. The van der Waals surface area contributed by atoms with E-state index in [1.807, 2.05) is 48.5 Å². The molecule has 37 heavy (non-hydrogen) atoms. The molecule has 1 aliphatic rings. The van der Waals surface area contributed by atoms with Crippen molar-refractivity contribution in [3.8, 4) is 11.1 Å². The first kappa shape index (κ1) is 25.4. The van der Waals surface area contributed by atoms with Gasteiger partial charge in [-0.1, -0.05) is 68.3 Å². The predicted octanol–water partition coefficient (Wildman–Crippen LogP) is 6.74. The molecule has 4 aromatic rings. The number of esters is 2. The lowest BCUT2D eigenvalue weighted by Gasteiger charge is -2.07. The number of sulfone groups is 1. The van der Waals surface area contributed by atoms with E-state index in [1.165, 1.54) is 24.3 Å². The second kappa shape index (κ2) is 10.2. The molecule has 0 unspecified atom stereocenters. The quantitative estimate of drug-likeness (QED) is 0.191. The number of carbonyl (C=O) groups is 2. The zero-order valence-corrected chi connectivity index (χ0v) is 23.1. The van der Waals surface area contributed by atoms with E-state index in [1.54, 1.807) is 12.1 Å². The van der Waals surface area contributed by atoms with Crippen molar-refractivity contribution in [1.29, 1.82) is 0 Å². The lowest BCUT2D eigenvalue weighted by atomic mass is 10.0. The van der Waals surface area contributed by atoms with Crippen LogP contribution in [0.25, 0.3) is 11.1 Å². The Hall–Kier alpha value is -3.27. The van der Waals surface area contributed by atoms with Gasteiger partial charge in [0, 0.05) is 20.1 Å². The Bertz CT molecular complexity index is 1510. The Morgan fingerprint density at radius 3 is 1.35 bits per heavy atom. The molecule has 4 aromatic carbocycles. The number of rotatable bonds is 6. The molecule has 0 amide bonds. The van der Waals surface area contributed by atoms with Gasteiger partial charge >= 0.3 is 11.9 Å². The molecular weight excluding hydrogens is 624 g/mol. The van der Waals surface area contributed by atoms with Crippen LogP contribution in [-0.4, -0.2) is 20.4 Å². The molecule has 6 nitrogen and oxygen atoms in total. The van der Waals surface area contributed by atoms with Crippen LogP contribution in [0.4, 0.5) is 0 Å². The zero-order chi connectivity index (χ0) is 26.2. The first-order valence-electron chi connectivity index (χ1n) is 11.1. The molecule has 0 N–H and O–H groups in total. The van der Waals surface area contributed by atoms with Gasteiger partial charge in [-0.2, -0.15) is 0 Å². The highest BCUT2D eigenvalue weighted by Crippen LogP contribution is 2.44. The molecule has 0 radical (unpaired) electrons. The van der Waals surface area contributed by atoms with E-state index >= 15 is 0 Å². The number of halogens is 2. The maximum absolute atomic E-state index is 13.3. The summed E-state index contributed by atoms with van der Waals surface area (Å²) in [6.45, 7) is 0.115. The van der Waals surface area contributed by atoms with Gasteiger partial charge in [-0.15, -0.1) is 0 Å². The van der Waals surface area contributed by atoms with Crippen LogP contribution in [0, 0.1) is 0 Å². The molecule has 0 atom stereocenters. The molecule has 0 spiro atoms. The average molecular weight is 642 g/mol. The lowest BCUT2D eigenvalue weighted by molar-refractivity contribution is 0.0463. The van der Waals surface area contributed by atoms with Crippen LogP contribution in [0.1, 0.15) is 31.8 Å². The summed E-state index contributed by atoms with van der Waals surface area (Å²) < 4.78 is 39.2. The van der Waals surface area contributed by atoms with E-state index in [0.717, 1.165) is 20.1 Å². The van der Waals surface area contributed by atoms with Crippen LogP contribution >= 0.6 is 31.9 Å². The molecule has 0 fully saturated rings. The molecule has 0 aromatic heterocycles. The topological polar surface area (TPSA) is 86.7 Å². The molecule has 5 rings (SSSR count). The van der Waals surface area contributed by atoms with E-state index in [2.05, 4.69) is 31.9 Å². The lowest BCUT2D eigenvalue weighted by Crippen LogP contribution is -2.07. The third-order valence-corrected chi connectivity index (χ3v) is 8.76. The third kappa shape index (κ3) is 5.25. The number of carbonyl (C=O) groups excluding carboxylic acids is 2. The SMILES string of the molecule is O=C(OCc1ccc(Br)cc1)c1ccc2c(c1)S(=O)(=O)c1cc(C(=O)OCc3ccc(Br)cc3)ccc1-2. The van der Waals surface area contributed by atoms with Crippen molar-refractivity contribution in [2.75, 3.05) is 0 Å². The second-order valence-corrected chi connectivity index (χ2v) is 12.0. The fourth-order valence-corrected chi connectivity index (χ4v) is 6.20. The van der Waals surface area contributed by atoms with E-state index in [9.17, 15) is 18.0 Å². The summed E-state index contributed by atoms with van der Waals surface area (Å²) in [4.78, 5) is 25.3. The molecule has 0 aliphatic carbocycles. The van der Waals surface area contributed by atoms with Gasteiger partial charge in [0.15, 0.2) is 0 Å². The largest absolute Gasteiger partial charge is 0.457 e. The van der Waals surface area contributed by atoms with Gasteiger partial charge in [0.1, 0.15) is 13.2 Å². The second-order valence-electron chi connectivity index (χ2n) is 8.33. The van der Waals surface area contributed by atoms with Crippen molar-refractivity contribution in [2.45, 2.75) is 23.0 Å². The van der Waals surface area contributed by atoms with Gasteiger partial charge < -0.3 is 9.47 Å². The Morgan fingerprint density at radius 2 is 0.973 bits per heavy atom. The number of ether oxygens (including phenoxy) is 2. The van der Waals surface area contributed by atoms with E-state index in [4.69, 9.17) is 9.47 Å². The minimum Gasteiger partial charge on any atom is -0.457 e. The summed E-state index contributed by atoms with van der Waals surface area (Å²) in [5, 5.41) is 0. The maximum Gasteiger partial charge on any atom is 0.338 e. The highest BCUT2D eigenvalue weighted by molar-refractivity contribution is 9.10. The van der Waals surface area contributed by atoms with Gasteiger partial charge in [-0.3, -0.25) is 0 Å². The smallest absolute Gasteiger partial charge is 0.338 e. The molecule has 1 aliphatic heterocycles. The van der Waals surface area contributed by atoms with Crippen molar-refractivity contribution in [1.82, 2.24) is 0 Å². The van der Waals surface area contributed by atoms with Gasteiger partial charge in [0.25, 0.3) is 0 Å². The molecule has 0 saturated heterocycles. The third-order valence-electron chi connectivity index (χ3n) is 5.87. The van der Waals surface area contributed by atoms with Crippen molar-refractivity contribution >= 4 is 53.6 Å². The Kier molecular flexibility index (Phi) is 7.02. The summed E-state index contributed by atoms with van der Waals surface area (Å²) in [6.07, 6.45) is 0. The van der Waals surface area contributed by atoms with Crippen LogP contribution in [-0.2, 0) is 32.5 Å². The highest BCUT2D eigenvalue weighted by atomic mass is 79.9. The average Bonchev–Trinajstić information content (AvgIpc) is 3.13. The van der Waals surface area contributed by atoms with Crippen LogP contribution in [0.15, 0.2) is 104 Å².